The van der Waals surface area contributed by atoms with Gasteiger partial charge in [-0.1, -0.05) is 0 Å². The minimum absolute atomic E-state index is 0.0766. The molecule has 0 saturated carbocycles. The van der Waals surface area contributed by atoms with Crippen LogP contribution in [0.4, 0.5) is 10.5 Å². The van der Waals surface area contributed by atoms with Crippen LogP contribution in [-0.2, 0) is 4.79 Å². The first-order chi connectivity index (χ1) is 11.0. The number of hydrogen-bond acceptors (Lipinski definition) is 5. The van der Waals surface area contributed by atoms with Gasteiger partial charge in [0.1, 0.15) is 5.70 Å². The smallest absolute Gasteiger partial charge is 0.326 e. The highest BCUT2D eigenvalue weighted by Gasteiger charge is 2.23. The van der Waals surface area contributed by atoms with Crippen LogP contribution >= 0.6 is 0 Å². The van der Waals surface area contributed by atoms with E-state index in [-0.39, 0.29) is 11.5 Å². The van der Waals surface area contributed by atoms with Gasteiger partial charge in [-0.2, -0.15) is 0 Å². The molecule has 0 bridgehead atoms. The van der Waals surface area contributed by atoms with E-state index in [0.717, 1.165) is 0 Å². The fraction of sp³-hybridized carbons (Fsp3) is 0. The Morgan fingerprint density at radius 1 is 1.13 bits per heavy atom. The lowest BCUT2D eigenvalue weighted by Crippen LogP contribution is -2.22. The summed E-state index contributed by atoms with van der Waals surface area (Å²) in [5.74, 6) is -0.754. The first-order valence-electron chi connectivity index (χ1n) is 6.73. The number of nitrogens with two attached hydrogens (primary N) is 1. The number of amides is 3. The number of nitrogen functional groups attached to an aromatic ring is 1. The van der Waals surface area contributed by atoms with E-state index in [9.17, 15) is 14.4 Å². The fourth-order valence-electron chi connectivity index (χ4n) is 2.14. The molecule has 2 aromatic rings. The van der Waals surface area contributed by atoms with Gasteiger partial charge < -0.3 is 11.1 Å². The maximum atomic E-state index is 12.4. The molecule has 1 aromatic heterocycles. The molecule has 0 spiro atoms. The number of rotatable bonds is 3. The topological polar surface area (TPSA) is 114 Å². The van der Waals surface area contributed by atoms with Crippen molar-refractivity contribution in [3.05, 3.63) is 65.1 Å². The molecular weight excluding hydrogens is 296 g/mol. The number of aromatic nitrogens is 1. The summed E-state index contributed by atoms with van der Waals surface area (Å²) >= 11 is 0. The highest BCUT2D eigenvalue weighted by molar-refractivity contribution is 6.14. The number of pyridine rings is 1. The van der Waals surface area contributed by atoms with Gasteiger partial charge in [0.25, 0.3) is 5.91 Å². The summed E-state index contributed by atoms with van der Waals surface area (Å²) in [5.41, 5.74) is 7.65. The predicted octanol–water partition coefficient (Wildman–Crippen LogP) is 1.08. The van der Waals surface area contributed by atoms with Crippen molar-refractivity contribution >= 4 is 29.5 Å². The second kappa shape index (κ2) is 5.72. The van der Waals surface area contributed by atoms with E-state index in [0.29, 0.717) is 22.4 Å². The summed E-state index contributed by atoms with van der Waals surface area (Å²) in [7, 11) is 0. The van der Waals surface area contributed by atoms with Crippen molar-refractivity contribution in [3.8, 4) is 0 Å². The predicted molar refractivity (Wildman–Crippen MR) is 83.2 cm³/mol. The van der Waals surface area contributed by atoms with Crippen molar-refractivity contribution in [3.63, 3.8) is 0 Å². The van der Waals surface area contributed by atoms with Crippen LogP contribution in [0.25, 0.3) is 6.08 Å². The zero-order valence-corrected chi connectivity index (χ0v) is 11.9. The van der Waals surface area contributed by atoms with Crippen molar-refractivity contribution in [2.45, 2.75) is 0 Å². The first-order valence-corrected chi connectivity index (χ1v) is 6.73. The van der Waals surface area contributed by atoms with Crippen LogP contribution in [0.15, 0.2) is 48.4 Å². The van der Waals surface area contributed by atoms with Gasteiger partial charge in [0.05, 0.1) is 0 Å². The van der Waals surface area contributed by atoms with Crippen LogP contribution in [0.1, 0.15) is 21.5 Å². The quantitative estimate of drug-likeness (QED) is 0.340. The number of ketones is 1. The summed E-state index contributed by atoms with van der Waals surface area (Å²) < 4.78 is 0. The SMILES string of the molecule is Nc1ccc(C(=O)c2cccnc2)cc1C=C1NC(=O)NC1=O. The number of urea groups is 1. The van der Waals surface area contributed by atoms with Crippen LogP contribution in [0, 0.1) is 0 Å². The molecule has 3 rings (SSSR count). The number of carbonyl (C=O) groups excluding carboxylic acids is 3. The van der Waals surface area contributed by atoms with E-state index in [1.807, 2.05) is 0 Å². The van der Waals surface area contributed by atoms with Gasteiger partial charge in [-0.25, -0.2) is 4.79 Å². The highest BCUT2D eigenvalue weighted by atomic mass is 16.2. The number of imide groups is 1. The molecule has 7 nitrogen and oxygen atoms in total. The molecule has 0 atom stereocenters. The van der Waals surface area contributed by atoms with Gasteiger partial charge >= 0.3 is 6.03 Å². The molecule has 1 fully saturated rings. The molecule has 7 heteroatoms. The molecule has 0 radical (unpaired) electrons. The van der Waals surface area contributed by atoms with Crippen LogP contribution < -0.4 is 16.4 Å². The van der Waals surface area contributed by atoms with E-state index in [2.05, 4.69) is 15.6 Å². The summed E-state index contributed by atoms with van der Waals surface area (Å²) in [5, 5.41) is 4.47. The van der Waals surface area contributed by atoms with E-state index >= 15 is 0 Å². The van der Waals surface area contributed by atoms with E-state index < -0.39 is 11.9 Å². The van der Waals surface area contributed by atoms with Crippen molar-refractivity contribution in [2.75, 3.05) is 5.73 Å². The molecule has 4 N–H and O–H groups in total. The molecule has 0 aliphatic carbocycles. The largest absolute Gasteiger partial charge is 0.398 e. The second-order valence-electron chi connectivity index (χ2n) is 4.88. The van der Waals surface area contributed by atoms with Gasteiger partial charge in [-0.3, -0.25) is 19.9 Å². The van der Waals surface area contributed by atoms with Crippen molar-refractivity contribution < 1.29 is 14.4 Å². The minimum Gasteiger partial charge on any atom is -0.398 e. The molecule has 114 valence electrons. The van der Waals surface area contributed by atoms with E-state index in [1.54, 1.807) is 36.5 Å². The number of hydrogen-bond donors (Lipinski definition) is 3. The summed E-state index contributed by atoms with van der Waals surface area (Å²) in [6, 6.07) is 7.47. The Bertz CT molecular complexity index is 844. The number of carbonyl (C=O) groups is 3. The molecule has 3 amide bonds. The van der Waals surface area contributed by atoms with Gasteiger partial charge in [-0.15, -0.1) is 0 Å². The minimum atomic E-state index is -0.595. The van der Waals surface area contributed by atoms with E-state index in [4.69, 9.17) is 5.73 Å². The molecule has 1 aliphatic heterocycles. The van der Waals surface area contributed by atoms with Crippen molar-refractivity contribution in [1.82, 2.24) is 15.6 Å². The number of benzene rings is 1. The molecule has 23 heavy (non-hydrogen) atoms. The normalized spacial score (nSPS) is 15.4. The Morgan fingerprint density at radius 2 is 1.96 bits per heavy atom. The van der Waals surface area contributed by atoms with Crippen LogP contribution in [0.2, 0.25) is 0 Å². The van der Waals surface area contributed by atoms with Crippen LogP contribution in [0.3, 0.4) is 0 Å². The Hall–Kier alpha value is -3.48. The monoisotopic (exact) mass is 308 g/mol. The summed E-state index contributed by atoms with van der Waals surface area (Å²) in [4.78, 5) is 39.0. The molecule has 1 saturated heterocycles. The molecule has 1 aromatic carbocycles. The van der Waals surface area contributed by atoms with Crippen molar-refractivity contribution in [2.24, 2.45) is 0 Å². The number of anilines is 1. The first kappa shape index (κ1) is 14.5. The Balaban J connectivity index is 1.97. The summed E-state index contributed by atoms with van der Waals surface area (Å²) in [6.07, 6.45) is 4.48. The number of nitrogens with one attached hydrogen (secondary N) is 2. The van der Waals surface area contributed by atoms with Crippen LogP contribution in [0.5, 0.6) is 0 Å². The number of nitrogens with zero attached hydrogens (tertiary/aromatic N) is 1. The third kappa shape index (κ3) is 2.93. The lowest BCUT2D eigenvalue weighted by molar-refractivity contribution is -0.115. The third-order valence-electron chi connectivity index (χ3n) is 3.29. The lowest BCUT2D eigenvalue weighted by Gasteiger charge is -2.06. The van der Waals surface area contributed by atoms with Gasteiger partial charge in [0.2, 0.25) is 0 Å². The Labute approximate surface area is 131 Å². The maximum Gasteiger partial charge on any atom is 0.326 e. The van der Waals surface area contributed by atoms with E-state index in [1.165, 1.54) is 12.3 Å². The Morgan fingerprint density at radius 3 is 2.61 bits per heavy atom. The molecule has 1 aliphatic rings. The Kier molecular flexibility index (Phi) is 3.60. The van der Waals surface area contributed by atoms with Crippen molar-refractivity contribution in [1.29, 1.82) is 0 Å². The van der Waals surface area contributed by atoms with Crippen LogP contribution in [-0.4, -0.2) is 22.7 Å². The average Bonchev–Trinajstić information content (AvgIpc) is 2.87. The standard InChI is InChI=1S/C16H12N4O3/c17-12-4-3-9(14(21)10-2-1-5-18-8-10)6-11(12)7-13-15(22)20-16(23)19-13/h1-8H,17H2,(H2,19,20,22,23). The summed E-state index contributed by atoms with van der Waals surface area (Å²) in [6.45, 7) is 0. The molecule has 0 unspecified atom stereocenters. The zero-order chi connectivity index (χ0) is 16.4. The molecular formula is C16H12N4O3. The average molecular weight is 308 g/mol. The highest BCUT2D eigenvalue weighted by Crippen LogP contribution is 2.20. The van der Waals surface area contributed by atoms with Gasteiger partial charge in [0, 0.05) is 34.8 Å². The zero-order valence-electron chi connectivity index (χ0n) is 11.9. The lowest BCUT2D eigenvalue weighted by atomic mass is 10.0. The van der Waals surface area contributed by atoms with Gasteiger partial charge in [0.15, 0.2) is 5.78 Å². The third-order valence-corrected chi connectivity index (χ3v) is 3.29. The van der Waals surface area contributed by atoms with Gasteiger partial charge in [-0.05, 0) is 36.4 Å². The fourth-order valence-corrected chi connectivity index (χ4v) is 2.14. The maximum absolute atomic E-state index is 12.4. The molecule has 2 heterocycles. The second-order valence-corrected chi connectivity index (χ2v) is 4.88.